The Kier molecular flexibility index (Phi) is 8.05. The molecule has 2 aromatic carbocycles. The Morgan fingerprint density at radius 1 is 1.08 bits per heavy atom. The van der Waals surface area contributed by atoms with Gasteiger partial charge in [0.15, 0.2) is 17.5 Å². The van der Waals surface area contributed by atoms with Gasteiger partial charge in [-0.15, -0.1) is 0 Å². The molecule has 0 aliphatic carbocycles. The maximum absolute atomic E-state index is 5.95. The van der Waals surface area contributed by atoms with Crippen LogP contribution in [0, 0.1) is 0 Å². The van der Waals surface area contributed by atoms with Gasteiger partial charge < -0.3 is 24.8 Å². The lowest BCUT2D eigenvalue weighted by Crippen LogP contribution is -2.33. The third-order valence-electron chi connectivity index (χ3n) is 3.57. The lowest BCUT2D eigenvalue weighted by atomic mass is 10.2. The average Bonchev–Trinajstić information content (AvgIpc) is 2.66. The molecule has 7 heteroatoms. The molecule has 2 N–H and O–H groups in total. The van der Waals surface area contributed by atoms with Gasteiger partial charge in [-0.2, -0.15) is 0 Å². The van der Waals surface area contributed by atoms with Crippen molar-refractivity contribution in [3.8, 4) is 11.5 Å². The van der Waals surface area contributed by atoms with Crippen LogP contribution in [0.15, 0.2) is 47.5 Å². The normalized spacial score (nSPS) is 11.2. The second-order valence-corrected chi connectivity index (χ2v) is 5.81. The van der Waals surface area contributed by atoms with Crippen molar-refractivity contribution in [1.29, 1.82) is 0 Å². The van der Waals surface area contributed by atoms with Gasteiger partial charge in [0, 0.05) is 30.4 Å². The van der Waals surface area contributed by atoms with Crippen LogP contribution in [-0.2, 0) is 11.3 Å². The minimum atomic E-state index is 0.518. The lowest BCUT2D eigenvalue weighted by molar-refractivity contribution is 0.125. The van der Waals surface area contributed by atoms with Crippen molar-refractivity contribution in [3.63, 3.8) is 0 Å². The van der Waals surface area contributed by atoms with E-state index in [4.69, 9.17) is 25.8 Å². The van der Waals surface area contributed by atoms with E-state index in [1.165, 1.54) is 0 Å². The molecule has 0 aliphatic heterocycles. The summed E-state index contributed by atoms with van der Waals surface area (Å²) in [4.78, 5) is 4.20. The van der Waals surface area contributed by atoms with Crippen molar-refractivity contribution in [2.45, 2.75) is 6.61 Å². The van der Waals surface area contributed by atoms with Crippen LogP contribution in [0.3, 0.4) is 0 Å². The Hall–Kier alpha value is -2.44. The predicted molar refractivity (Wildman–Crippen MR) is 106 cm³/mol. The van der Waals surface area contributed by atoms with E-state index in [1.54, 1.807) is 21.3 Å². The standard InChI is InChI=1S/C19H24ClN3O3/c1-21-19(23-16-7-8-17(24-2)18(12-16)25-3)22-9-10-26-13-14-5-4-6-15(20)11-14/h4-8,11-12H,9-10,13H2,1-3H3,(H2,21,22,23). The Labute approximate surface area is 159 Å². The number of ether oxygens (including phenoxy) is 3. The molecule has 0 aromatic heterocycles. The number of nitrogens with zero attached hydrogens (tertiary/aromatic N) is 1. The summed E-state index contributed by atoms with van der Waals surface area (Å²) in [5.41, 5.74) is 1.89. The zero-order valence-corrected chi connectivity index (χ0v) is 16.0. The van der Waals surface area contributed by atoms with E-state index >= 15 is 0 Å². The number of hydrogen-bond acceptors (Lipinski definition) is 4. The first kappa shape index (κ1) is 19.9. The van der Waals surface area contributed by atoms with Crippen LogP contribution in [0.4, 0.5) is 5.69 Å². The molecule has 0 saturated heterocycles. The van der Waals surface area contributed by atoms with E-state index in [1.807, 2.05) is 42.5 Å². The quantitative estimate of drug-likeness (QED) is 0.418. The van der Waals surface area contributed by atoms with E-state index in [9.17, 15) is 0 Å². The Balaban J connectivity index is 1.77. The van der Waals surface area contributed by atoms with Crippen LogP contribution in [0.25, 0.3) is 0 Å². The number of nitrogens with one attached hydrogen (secondary N) is 2. The molecular formula is C19H24ClN3O3. The third kappa shape index (κ3) is 6.13. The van der Waals surface area contributed by atoms with E-state index in [0.717, 1.165) is 11.3 Å². The first-order valence-electron chi connectivity index (χ1n) is 8.18. The van der Waals surface area contributed by atoms with Gasteiger partial charge in [0.25, 0.3) is 0 Å². The summed E-state index contributed by atoms with van der Waals surface area (Å²) in [6.45, 7) is 1.68. The Morgan fingerprint density at radius 2 is 1.88 bits per heavy atom. The number of benzene rings is 2. The first-order valence-corrected chi connectivity index (χ1v) is 8.56. The minimum absolute atomic E-state index is 0.518. The monoisotopic (exact) mass is 377 g/mol. The number of aliphatic imine (C=N–C) groups is 1. The number of guanidine groups is 1. The first-order chi connectivity index (χ1) is 12.7. The van der Waals surface area contributed by atoms with Crippen molar-refractivity contribution in [2.24, 2.45) is 4.99 Å². The van der Waals surface area contributed by atoms with Gasteiger partial charge in [0.2, 0.25) is 0 Å². The van der Waals surface area contributed by atoms with Crippen molar-refractivity contribution >= 4 is 23.2 Å². The van der Waals surface area contributed by atoms with Crippen molar-refractivity contribution in [2.75, 3.05) is 39.7 Å². The predicted octanol–water partition coefficient (Wildman–Crippen LogP) is 3.56. The highest BCUT2D eigenvalue weighted by molar-refractivity contribution is 6.30. The second-order valence-electron chi connectivity index (χ2n) is 5.38. The molecule has 0 saturated carbocycles. The molecule has 0 radical (unpaired) electrons. The molecule has 0 fully saturated rings. The molecule has 0 amide bonds. The summed E-state index contributed by atoms with van der Waals surface area (Å²) in [5, 5.41) is 7.11. The number of hydrogen-bond donors (Lipinski definition) is 2. The third-order valence-corrected chi connectivity index (χ3v) is 3.80. The largest absolute Gasteiger partial charge is 0.493 e. The summed E-state index contributed by atoms with van der Waals surface area (Å²) in [6, 6.07) is 13.2. The van der Waals surface area contributed by atoms with E-state index in [2.05, 4.69) is 15.6 Å². The minimum Gasteiger partial charge on any atom is -0.493 e. The van der Waals surface area contributed by atoms with Gasteiger partial charge in [0.05, 0.1) is 27.4 Å². The van der Waals surface area contributed by atoms with Gasteiger partial charge in [-0.05, 0) is 29.8 Å². The summed E-state index contributed by atoms with van der Waals surface area (Å²) in [6.07, 6.45) is 0. The summed E-state index contributed by atoms with van der Waals surface area (Å²) >= 11 is 5.95. The summed E-state index contributed by atoms with van der Waals surface area (Å²) in [7, 11) is 4.92. The number of halogens is 1. The van der Waals surface area contributed by atoms with Crippen LogP contribution in [-0.4, -0.2) is 40.4 Å². The molecule has 26 heavy (non-hydrogen) atoms. The molecule has 0 bridgehead atoms. The van der Waals surface area contributed by atoms with Crippen molar-refractivity contribution in [3.05, 3.63) is 53.1 Å². The molecule has 0 unspecified atom stereocenters. The molecule has 0 atom stereocenters. The zero-order valence-electron chi connectivity index (χ0n) is 15.2. The Morgan fingerprint density at radius 3 is 2.58 bits per heavy atom. The molecule has 140 valence electrons. The van der Waals surface area contributed by atoms with Gasteiger partial charge in [-0.1, -0.05) is 23.7 Å². The highest BCUT2D eigenvalue weighted by atomic mass is 35.5. The van der Waals surface area contributed by atoms with Crippen molar-refractivity contribution in [1.82, 2.24) is 5.32 Å². The highest BCUT2D eigenvalue weighted by Gasteiger charge is 2.06. The molecule has 0 spiro atoms. The van der Waals surface area contributed by atoms with Crippen LogP contribution in [0.2, 0.25) is 5.02 Å². The second kappa shape index (κ2) is 10.5. The van der Waals surface area contributed by atoms with Crippen molar-refractivity contribution < 1.29 is 14.2 Å². The maximum atomic E-state index is 5.95. The molecule has 6 nitrogen and oxygen atoms in total. The van der Waals surface area contributed by atoms with Gasteiger partial charge in [-0.25, -0.2) is 0 Å². The van der Waals surface area contributed by atoms with E-state index in [0.29, 0.717) is 42.2 Å². The summed E-state index contributed by atoms with van der Waals surface area (Å²) in [5.74, 6) is 1.97. The molecule has 2 rings (SSSR count). The number of anilines is 1. The maximum Gasteiger partial charge on any atom is 0.195 e. The molecular weight excluding hydrogens is 354 g/mol. The topological polar surface area (TPSA) is 64.1 Å². The van der Waals surface area contributed by atoms with E-state index in [-0.39, 0.29) is 0 Å². The van der Waals surface area contributed by atoms with Crippen LogP contribution in [0.1, 0.15) is 5.56 Å². The molecule has 0 aliphatic rings. The fourth-order valence-electron chi connectivity index (χ4n) is 2.29. The fourth-order valence-corrected chi connectivity index (χ4v) is 2.50. The van der Waals surface area contributed by atoms with Crippen LogP contribution >= 0.6 is 11.6 Å². The van der Waals surface area contributed by atoms with Gasteiger partial charge in [-0.3, -0.25) is 4.99 Å². The van der Waals surface area contributed by atoms with Crippen LogP contribution in [0.5, 0.6) is 11.5 Å². The smallest absolute Gasteiger partial charge is 0.195 e. The van der Waals surface area contributed by atoms with Gasteiger partial charge in [0.1, 0.15) is 0 Å². The molecule has 0 heterocycles. The molecule has 2 aromatic rings. The number of methoxy groups -OCH3 is 2. The lowest BCUT2D eigenvalue weighted by Gasteiger charge is -2.14. The average molecular weight is 378 g/mol. The SMILES string of the molecule is CN=C(NCCOCc1cccc(Cl)c1)Nc1ccc(OC)c(OC)c1. The zero-order chi connectivity index (χ0) is 18.8. The number of rotatable bonds is 8. The fraction of sp³-hybridized carbons (Fsp3) is 0.316. The highest BCUT2D eigenvalue weighted by Crippen LogP contribution is 2.29. The van der Waals surface area contributed by atoms with E-state index < -0.39 is 0 Å². The van der Waals surface area contributed by atoms with Gasteiger partial charge >= 0.3 is 0 Å². The van der Waals surface area contributed by atoms with Crippen LogP contribution < -0.4 is 20.1 Å². The Bertz CT molecular complexity index is 738. The summed E-state index contributed by atoms with van der Waals surface area (Å²) < 4.78 is 16.2.